The molecule has 8 nitrogen and oxygen atoms in total. The molecule has 0 saturated heterocycles. The van der Waals surface area contributed by atoms with E-state index in [4.69, 9.17) is 9.05 Å². The number of hydrogen-bond donors (Lipinski definition) is 2. The number of phosphoric ester groups is 1. The Morgan fingerprint density at radius 3 is 0.976 bits per heavy atom. The summed E-state index contributed by atoms with van der Waals surface area (Å²) in [5.41, 5.74) is 0. The van der Waals surface area contributed by atoms with Gasteiger partial charge < -0.3 is 28.8 Å². The standard InChI is InChI=1S/C76H151N2O6P/c1-6-8-10-12-14-16-18-20-22-24-26-28-30-32-34-36-38-40-41-43-45-47-49-51-53-55-57-59-61-63-65-67-69-75(79)74(73-84-85(81,82)83-72-71-78(3,4)5)77-76(80)70-68-66-64-62-60-58-56-54-52-50-48-46-44-42-39-37-35-33-31-29-27-25-23-21-19-17-15-13-11-9-7-2/h19,21,25,27,74-75,79H,6-18,20,22-24,26,28-73H2,1-5H3,(H-,77,80,81,82)/b21-19-,27-25-. The van der Waals surface area contributed by atoms with Crippen molar-refractivity contribution in [3.63, 3.8) is 0 Å². The molecule has 0 fully saturated rings. The minimum atomic E-state index is -4.58. The summed E-state index contributed by atoms with van der Waals surface area (Å²) in [5.74, 6) is -0.155. The third-order valence-corrected chi connectivity index (χ3v) is 18.9. The van der Waals surface area contributed by atoms with Gasteiger partial charge in [0.05, 0.1) is 39.9 Å². The summed E-state index contributed by atoms with van der Waals surface area (Å²) in [7, 11) is 1.33. The lowest BCUT2D eigenvalue weighted by atomic mass is 10.0. The molecule has 3 atom stereocenters. The normalized spacial score (nSPS) is 13.6. The fourth-order valence-electron chi connectivity index (χ4n) is 12.0. The number of nitrogens with one attached hydrogen (secondary N) is 1. The summed E-state index contributed by atoms with van der Waals surface area (Å²) in [4.78, 5) is 25.7. The monoisotopic (exact) mass is 1220 g/mol. The van der Waals surface area contributed by atoms with E-state index in [2.05, 4.69) is 43.5 Å². The zero-order valence-corrected chi connectivity index (χ0v) is 59.0. The Labute approximate surface area is 532 Å². The van der Waals surface area contributed by atoms with Gasteiger partial charge in [-0.2, -0.15) is 0 Å². The number of hydrogen-bond acceptors (Lipinski definition) is 6. The summed E-state index contributed by atoms with van der Waals surface area (Å²) >= 11 is 0. The van der Waals surface area contributed by atoms with Crippen LogP contribution in [-0.2, 0) is 18.4 Å². The number of rotatable bonds is 72. The molecule has 0 aromatic carbocycles. The molecule has 0 saturated carbocycles. The number of carbonyl (C=O) groups excluding carboxylic acids is 1. The molecule has 0 bridgehead atoms. The van der Waals surface area contributed by atoms with Gasteiger partial charge in [0, 0.05) is 6.42 Å². The van der Waals surface area contributed by atoms with Crippen molar-refractivity contribution in [3.05, 3.63) is 24.3 Å². The van der Waals surface area contributed by atoms with Crippen LogP contribution in [-0.4, -0.2) is 68.5 Å². The fourth-order valence-corrected chi connectivity index (χ4v) is 12.7. The number of carbonyl (C=O) groups is 1. The van der Waals surface area contributed by atoms with E-state index in [0.717, 1.165) is 44.9 Å². The second-order valence-electron chi connectivity index (χ2n) is 27.7. The summed E-state index contributed by atoms with van der Waals surface area (Å²) in [6.07, 6.45) is 88.5. The minimum Gasteiger partial charge on any atom is -0.756 e. The third kappa shape index (κ3) is 70.3. The lowest BCUT2D eigenvalue weighted by molar-refractivity contribution is -0.870. The Bertz CT molecular complexity index is 1430. The van der Waals surface area contributed by atoms with Crippen LogP contribution in [0.15, 0.2) is 24.3 Å². The molecule has 0 heterocycles. The summed E-state index contributed by atoms with van der Waals surface area (Å²) in [6.45, 7) is 4.78. The van der Waals surface area contributed by atoms with Crippen molar-refractivity contribution in [1.29, 1.82) is 0 Å². The number of amides is 1. The maximum Gasteiger partial charge on any atom is 0.268 e. The Morgan fingerprint density at radius 2 is 0.682 bits per heavy atom. The van der Waals surface area contributed by atoms with E-state index >= 15 is 0 Å². The fraction of sp³-hybridized carbons (Fsp3) is 0.934. The predicted molar refractivity (Wildman–Crippen MR) is 372 cm³/mol. The van der Waals surface area contributed by atoms with Crippen LogP contribution >= 0.6 is 7.82 Å². The summed E-state index contributed by atoms with van der Waals surface area (Å²) in [6, 6.07) is -0.800. The highest BCUT2D eigenvalue weighted by atomic mass is 31.2. The van der Waals surface area contributed by atoms with Gasteiger partial charge in [-0.3, -0.25) is 9.36 Å². The van der Waals surface area contributed by atoms with Crippen LogP contribution in [0.4, 0.5) is 0 Å². The van der Waals surface area contributed by atoms with Crippen LogP contribution in [0.25, 0.3) is 0 Å². The molecule has 0 aliphatic heterocycles. The lowest BCUT2D eigenvalue weighted by Crippen LogP contribution is -2.46. The lowest BCUT2D eigenvalue weighted by Gasteiger charge is -2.30. The first kappa shape index (κ1) is 84.0. The highest BCUT2D eigenvalue weighted by Crippen LogP contribution is 2.38. The molecular weight excluding hydrogens is 1070 g/mol. The molecule has 85 heavy (non-hydrogen) atoms. The van der Waals surface area contributed by atoms with Crippen molar-refractivity contribution < 1.29 is 32.9 Å². The minimum absolute atomic E-state index is 0.0152. The van der Waals surface area contributed by atoms with Crippen molar-refractivity contribution in [1.82, 2.24) is 5.32 Å². The zero-order valence-electron chi connectivity index (χ0n) is 58.1. The van der Waals surface area contributed by atoms with Crippen LogP contribution < -0.4 is 10.2 Å². The largest absolute Gasteiger partial charge is 0.756 e. The van der Waals surface area contributed by atoms with Gasteiger partial charge in [0.2, 0.25) is 5.91 Å². The molecule has 1 amide bonds. The number of quaternary nitrogens is 1. The van der Waals surface area contributed by atoms with Gasteiger partial charge in [-0.25, -0.2) is 0 Å². The average molecular weight is 1220 g/mol. The van der Waals surface area contributed by atoms with Gasteiger partial charge in [-0.15, -0.1) is 0 Å². The Hall–Kier alpha value is -1.02. The van der Waals surface area contributed by atoms with E-state index in [1.165, 1.54) is 334 Å². The van der Waals surface area contributed by atoms with Crippen molar-refractivity contribution in [2.75, 3.05) is 40.9 Å². The summed E-state index contributed by atoms with van der Waals surface area (Å²) < 4.78 is 23.6. The maximum absolute atomic E-state index is 13.1. The van der Waals surface area contributed by atoms with E-state index < -0.39 is 20.0 Å². The zero-order chi connectivity index (χ0) is 61.9. The number of unbranched alkanes of at least 4 members (excludes halogenated alkanes) is 55. The topological polar surface area (TPSA) is 108 Å². The van der Waals surface area contributed by atoms with Crippen molar-refractivity contribution in [2.45, 2.75) is 418 Å². The SMILES string of the molecule is CCCCCCC/C=C\C/C=C\CCCCCCCCCCCCCCCCCCCCCC(=O)NC(COP(=O)([O-])OCC[N+](C)(C)C)C(O)CCCCCCCCCCCCCCCCCCCCCCCCCCCCCCCCCC. The highest BCUT2D eigenvalue weighted by molar-refractivity contribution is 7.45. The number of aliphatic hydroxyl groups excluding tert-OH is 1. The van der Waals surface area contributed by atoms with Crippen molar-refractivity contribution in [3.8, 4) is 0 Å². The predicted octanol–water partition coefficient (Wildman–Crippen LogP) is 24.0. The molecule has 0 aliphatic rings. The number of allylic oxidation sites excluding steroid dienone is 4. The van der Waals surface area contributed by atoms with Crippen LogP contribution in [0.3, 0.4) is 0 Å². The van der Waals surface area contributed by atoms with Gasteiger partial charge >= 0.3 is 0 Å². The first-order chi connectivity index (χ1) is 41.5. The van der Waals surface area contributed by atoms with Gasteiger partial charge in [0.1, 0.15) is 13.2 Å². The van der Waals surface area contributed by atoms with Crippen LogP contribution in [0.2, 0.25) is 0 Å². The van der Waals surface area contributed by atoms with E-state index in [1.807, 2.05) is 21.1 Å². The molecule has 0 aliphatic carbocycles. The molecule has 0 radical (unpaired) electrons. The van der Waals surface area contributed by atoms with E-state index in [0.29, 0.717) is 23.9 Å². The van der Waals surface area contributed by atoms with Crippen LogP contribution in [0.5, 0.6) is 0 Å². The van der Waals surface area contributed by atoms with Crippen LogP contribution in [0.1, 0.15) is 406 Å². The third-order valence-electron chi connectivity index (χ3n) is 17.9. The van der Waals surface area contributed by atoms with Gasteiger partial charge in [0.25, 0.3) is 7.82 Å². The van der Waals surface area contributed by atoms with Crippen molar-refractivity contribution >= 4 is 13.7 Å². The molecule has 2 N–H and O–H groups in total. The van der Waals surface area contributed by atoms with Gasteiger partial charge in [0.15, 0.2) is 0 Å². The second-order valence-corrected chi connectivity index (χ2v) is 29.1. The summed E-state index contributed by atoms with van der Waals surface area (Å²) in [5, 5.41) is 14.1. The van der Waals surface area contributed by atoms with Crippen molar-refractivity contribution in [2.24, 2.45) is 0 Å². The number of phosphoric acid groups is 1. The smallest absolute Gasteiger partial charge is 0.268 e. The molecular formula is C76H151N2O6P. The quantitative estimate of drug-likeness (QED) is 0.0272. The van der Waals surface area contributed by atoms with Crippen LogP contribution in [0, 0.1) is 0 Å². The molecule has 506 valence electrons. The average Bonchev–Trinajstić information content (AvgIpc) is 3.49. The maximum atomic E-state index is 13.1. The molecule has 0 rings (SSSR count). The number of likely N-dealkylation sites (N-methyl/N-ethyl adjacent to an activating group) is 1. The number of nitrogens with zero attached hydrogens (tertiary/aromatic N) is 1. The first-order valence-electron chi connectivity index (χ1n) is 38.2. The van der Waals surface area contributed by atoms with E-state index in [1.54, 1.807) is 0 Å². The van der Waals surface area contributed by atoms with E-state index in [-0.39, 0.29) is 19.1 Å². The second kappa shape index (κ2) is 67.4. The van der Waals surface area contributed by atoms with E-state index in [9.17, 15) is 19.4 Å². The first-order valence-corrected chi connectivity index (χ1v) is 39.6. The Morgan fingerprint density at radius 1 is 0.412 bits per heavy atom. The Kier molecular flexibility index (Phi) is 66.6. The molecule has 9 heteroatoms. The highest BCUT2D eigenvalue weighted by Gasteiger charge is 2.24. The Balaban J connectivity index is 3.95. The molecule has 0 aromatic heterocycles. The number of aliphatic hydroxyl groups is 1. The molecule has 3 unspecified atom stereocenters. The molecule has 0 spiro atoms. The van der Waals surface area contributed by atoms with Gasteiger partial charge in [-0.05, 0) is 44.9 Å². The molecule has 0 aromatic rings. The van der Waals surface area contributed by atoms with Gasteiger partial charge in [-0.1, -0.05) is 378 Å².